The topological polar surface area (TPSA) is 65.4 Å². The minimum Gasteiger partial charge on any atom is -0.454 e. The Labute approximate surface area is 180 Å². The zero-order valence-electron chi connectivity index (χ0n) is 17.6. The summed E-state index contributed by atoms with van der Waals surface area (Å²) in [4.78, 5) is 18.0. The molecule has 1 N–H and O–H groups in total. The number of aryl methyl sites for hydroxylation is 1. The lowest BCUT2D eigenvalue weighted by Gasteiger charge is -2.36. The number of ether oxygens (including phenoxy) is 2. The molecule has 1 aliphatic heterocycles. The molecule has 2 aromatic carbocycles. The van der Waals surface area contributed by atoms with E-state index in [1.54, 1.807) is 6.07 Å². The molecule has 162 valence electrons. The van der Waals surface area contributed by atoms with E-state index in [1.165, 1.54) is 12.1 Å². The summed E-state index contributed by atoms with van der Waals surface area (Å²) in [6, 6.07) is 10.5. The third-order valence-corrected chi connectivity index (χ3v) is 6.64. The number of halogens is 1. The Bertz CT molecular complexity index is 1130. The van der Waals surface area contributed by atoms with E-state index >= 15 is 0 Å². The molecule has 31 heavy (non-hydrogen) atoms. The maximum Gasteiger partial charge on any atom is 0.231 e. The summed E-state index contributed by atoms with van der Waals surface area (Å²) in [6.07, 6.45) is 5.43. The van der Waals surface area contributed by atoms with Gasteiger partial charge in [0.15, 0.2) is 11.5 Å². The number of aromatic nitrogens is 2. The van der Waals surface area contributed by atoms with Crippen LogP contribution in [0.5, 0.6) is 11.5 Å². The van der Waals surface area contributed by atoms with Crippen molar-refractivity contribution in [1.82, 2.24) is 14.9 Å². The summed E-state index contributed by atoms with van der Waals surface area (Å²) in [5.41, 5.74) is 1.96. The Morgan fingerprint density at radius 1 is 1.13 bits per heavy atom. The van der Waals surface area contributed by atoms with E-state index in [1.807, 2.05) is 29.8 Å². The van der Waals surface area contributed by atoms with Crippen LogP contribution in [0.15, 0.2) is 36.4 Å². The third-order valence-electron chi connectivity index (χ3n) is 6.64. The number of rotatable bonds is 5. The van der Waals surface area contributed by atoms with E-state index in [4.69, 9.17) is 9.47 Å². The van der Waals surface area contributed by atoms with E-state index < -0.39 is 5.41 Å². The molecule has 7 heteroatoms. The van der Waals surface area contributed by atoms with Gasteiger partial charge in [0.2, 0.25) is 12.7 Å². The standard InChI is InChI=1S/C24H26FN3O3/c1-28-19-14-17(25)6-7-18(19)27-22(28)9-12-26-23(29)24(10-3-2-4-11-24)16-5-8-20-21(13-16)31-15-30-20/h5-8,13-14H,2-4,9-12,15H2,1H3,(H,26,29). The van der Waals surface area contributed by atoms with Gasteiger partial charge in [-0.2, -0.15) is 0 Å². The molecule has 0 spiro atoms. The summed E-state index contributed by atoms with van der Waals surface area (Å²) < 4.78 is 26.4. The predicted molar refractivity (Wildman–Crippen MR) is 115 cm³/mol. The monoisotopic (exact) mass is 423 g/mol. The van der Waals surface area contributed by atoms with Crippen LogP contribution in [-0.2, 0) is 23.7 Å². The van der Waals surface area contributed by atoms with Crippen LogP contribution in [0.3, 0.4) is 0 Å². The van der Waals surface area contributed by atoms with Crippen molar-refractivity contribution >= 4 is 16.9 Å². The SMILES string of the molecule is Cn1c(CCNC(=O)C2(c3ccc4c(c3)OCO4)CCCCC2)nc2ccc(F)cc21. The fourth-order valence-electron chi connectivity index (χ4n) is 4.89. The van der Waals surface area contributed by atoms with Crippen molar-refractivity contribution in [2.45, 2.75) is 43.9 Å². The number of hydrogen-bond acceptors (Lipinski definition) is 4. The highest BCUT2D eigenvalue weighted by Gasteiger charge is 2.41. The minimum absolute atomic E-state index is 0.0517. The van der Waals surface area contributed by atoms with Gasteiger partial charge in [-0.05, 0) is 48.7 Å². The normalized spacial score (nSPS) is 17.1. The smallest absolute Gasteiger partial charge is 0.231 e. The molecule has 1 amide bonds. The van der Waals surface area contributed by atoms with Gasteiger partial charge in [0, 0.05) is 20.0 Å². The lowest BCUT2D eigenvalue weighted by Crippen LogP contribution is -2.46. The Kier molecular flexibility index (Phi) is 5.04. The van der Waals surface area contributed by atoms with Crippen molar-refractivity contribution in [3.05, 3.63) is 53.6 Å². The average Bonchev–Trinajstić information content (AvgIpc) is 3.38. The molecular formula is C24H26FN3O3. The number of carbonyl (C=O) groups excluding carboxylic acids is 1. The predicted octanol–water partition coefficient (Wildman–Crippen LogP) is 4.00. The van der Waals surface area contributed by atoms with Crippen molar-refractivity contribution in [3.8, 4) is 11.5 Å². The van der Waals surface area contributed by atoms with Crippen LogP contribution in [0.1, 0.15) is 43.5 Å². The molecule has 2 aliphatic rings. The van der Waals surface area contributed by atoms with E-state index in [2.05, 4.69) is 10.3 Å². The number of fused-ring (bicyclic) bond motifs is 2. The molecule has 0 bridgehead atoms. The molecular weight excluding hydrogens is 397 g/mol. The number of nitrogens with one attached hydrogen (secondary N) is 1. The molecule has 1 saturated carbocycles. The van der Waals surface area contributed by atoms with Crippen LogP contribution in [-0.4, -0.2) is 28.8 Å². The quantitative estimate of drug-likeness (QED) is 0.674. The fraction of sp³-hybridized carbons (Fsp3) is 0.417. The third kappa shape index (κ3) is 3.52. The second-order valence-corrected chi connectivity index (χ2v) is 8.44. The van der Waals surface area contributed by atoms with Crippen molar-refractivity contribution in [2.75, 3.05) is 13.3 Å². The van der Waals surface area contributed by atoms with Gasteiger partial charge in [0.1, 0.15) is 11.6 Å². The van der Waals surface area contributed by atoms with Gasteiger partial charge in [0.25, 0.3) is 0 Å². The Hall–Kier alpha value is -3.09. The first-order chi connectivity index (χ1) is 15.1. The van der Waals surface area contributed by atoms with Gasteiger partial charge in [-0.1, -0.05) is 25.3 Å². The highest BCUT2D eigenvalue weighted by Crippen LogP contribution is 2.43. The second-order valence-electron chi connectivity index (χ2n) is 8.44. The average molecular weight is 423 g/mol. The van der Waals surface area contributed by atoms with Crippen molar-refractivity contribution in [3.63, 3.8) is 0 Å². The van der Waals surface area contributed by atoms with Crippen molar-refractivity contribution < 1.29 is 18.7 Å². The molecule has 5 rings (SSSR count). The van der Waals surface area contributed by atoms with Crippen LogP contribution in [0.4, 0.5) is 4.39 Å². The van der Waals surface area contributed by atoms with E-state index in [0.717, 1.165) is 60.3 Å². The summed E-state index contributed by atoms with van der Waals surface area (Å²) in [5, 5.41) is 3.15. The fourth-order valence-corrected chi connectivity index (χ4v) is 4.89. The van der Waals surface area contributed by atoms with Crippen LogP contribution < -0.4 is 14.8 Å². The van der Waals surface area contributed by atoms with E-state index in [-0.39, 0.29) is 18.5 Å². The zero-order valence-corrected chi connectivity index (χ0v) is 17.6. The van der Waals surface area contributed by atoms with Crippen LogP contribution in [0, 0.1) is 5.82 Å². The molecule has 6 nitrogen and oxygen atoms in total. The summed E-state index contributed by atoms with van der Waals surface area (Å²) in [5.74, 6) is 2.03. The Balaban J connectivity index is 1.33. The maximum atomic E-state index is 13.6. The molecule has 3 aromatic rings. The number of amides is 1. The highest BCUT2D eigenvalue weighted by atomic mass is 19.1. The number of carbonyl (C=O) groups is 1. The number of imidazole rings is 1. The molecule has 1 aromatic heterocycles. The van der Waals surface area contributed by atoms with E-state index in [9.17, 15) is 9.18 Å². The van der Waals surface area contributed by atoms with Gasteiger partial charge < -0.3 is 19.4 Å². The highest BCUT2D eigenvalue weighted by molar-refractivity contribution is 5.88. The lowest BCUT2D eigenvalue weighted by molar-refractivity contribution is -0.128. The molecule has 0 saturated heterocycles. The van der Waals surface area contributed by atoms with Crippen molar-refractivity contribution in [1.29, 1.82) is 0 Å². The zero-order chi connectivity index (χ0) is 21.4. The first kappa shape index (κ1) is 19.8. The molecule has 2 heterocycles. The summed E-state index contributed by atoms with van der Waals surface area (Å²) >= 11 is 0. The lowest BCUT2D eigenvalue weighted by atomic mass is 9.68. The molecule has 0 radical (unpaired) electrons. The van der Waals surface area contributed by atoms with Crippen LogP contribution in [0.2, 0.25) is 0 Å². The molecule has 0 unspecified atom stereocenters. The van der Waals surface area contributed by atoms with Crippen molar-refractivity contribution in [2.24, 2.45) is 7.05 Å². The van der Waals surface area contributed by atoms with E-state index in [0.29, 0.717) is 18.7 Å². The van der Waals surface area contributed by atoms with Gasteiger partial charge >= 0.3 is 0 Å². The summed E-state index contributed by atoms with van der Waals surface area (Å²) in [6.45, 7) is 0.699. The number of nitrogens with zero attached hydrogens (tertiary/aromatic N) is 2. The van der Waals surface area contributed by atoms with Gasteiger partial charge in [-0.15, -0.1) is 0 Å². The van der Waals surface area contributed by atoms with Crippen LogP contribution in [0.25, 0.3) is 11.0 Å². The van der Waals surface area contributed by atoms with Gasteiger partial charge in [-0.25, -0.2) is 9.37 Å². The number of hydrogen-bond donors (Lipinski definition) is 1. The molecule has 0 atom stereocenters. The maximum absolute atomic E-state index is 13.6. The molecule has 1 fully saturated rings. The van der Waals surface area contributed by atoms with Gasteiger partial charge in [0.05, 0.1) is 16.4 Å². The van der Waals surface area contributed by atoms with Gasteiger partial charge in [-0.3, -0.25) is 4.79 Å². The Morgan fingerprint density at radius 3 is 2.77 bits per heavy atom. The largest absolute Gasteiger partial charge is 0.454 e. The van der Waals surface area contributed by atoms with Crippen LogP contribution >= 0.6 is 0 Å². The first-order valence-corrected chi connectivity index (χ1v) is 10.9. The second kappa shape index (κ2) is 7.87. The summed E-state index contributed by atoms with van der Waals surface area (Å²) in [7, 11) is 1.88. The minimum atomic E-state index is -0.547. The Morgan fingerprint density at radius 2 is 1.94 bits per heavy atom. The first-order valence-electron chi connectivity index (χ1n) is 10.9. The number of benzene rings is 2. The molecule has 1 aliphatic carbocycles.